The van der Waals surface area contributed by atoms with Gasteiger partial charge in [-0.2, -0.15) is 5.10 Å². The third kappa shape index (κ3) is 5.09. The van der Waals surface area contributed by atoms with E-state index in [9.17, 15) is 18.0 Å². The molecule has 30 heavy (non-hydrogen) atoms. The molecule has 1 aromatic heterocycles. The van der Waals surface area contributed by atoms with Crippen LogP contribution in [0.15, 0.2) is 64.4 Å². The van der Waals surface area contributed by atoms with Gasteiger partial charge in [-0.3, -0.25) is 9.59 Å². The third-order valence-corrected chi connectivity index (χ3v) is 5.88. The minimum atomic E-state index is -3.70. The van der Waals surface area contributed by atoms with Crippen LogP contribution in [0.5, 0.6) is 0 Å². The fourth-order valence-electron chi connectivity index (χ4n) is 2.91. The molecular weight excluding hydrogens is 408 g/mol. The lowest BCUT2D eigenvalue weighted by molar-refractivity contribution is -0.117. The van der Waals surface area contributed by atoms with Crippen LogP contribution in [0.4, 0.5) is 5.69 Å². The van der Waals surface area contributed by atoms with Crippen LogP contribution >= 0.6 is 0 Å². The number of rotatable bonds is 8. The number of amides is 1. The summed E-state index contributed by atoms with van der Waals surface area (Å²) in [5.74, 6) is -0.456. The van der Waals surface area contributed by atoms with Crippen molar-refractivity contribution < 1.29 is 17.9 Å². The van der Waals surface area contributed by atoms with Gasteiger partial charge in [-0.05, 0) is 37.3 Å². The molecule has 0 radical (unpaired) electrons. The van der Waals surface area contributed by atoms with Crippen molar-refractivity contribution in [3.63, 3.8) is 0 Å². The second-order valence-corrected chi connectivity index (χ2v) is 8.46. The van der Waals surface area contributed by atoms with E-state index >= 15 is 0 Å². The first kappa shape index (κ1) is 21.6. The Morgan fingerprint density at radius 2 is 1.87 bits per heavy atom. The minimum absolute atomic E-state index is 0.0656. The van der Waals surface area contributed by atoms with Crippen molar-refractivity contribution in [2.24, 2.45) is 0 Å². The molecule has 1 atom stereocenters. The van der Waals surface area contributed by atoms with E-state index in [1.807, 2.05) is 0 Å². The van der Waals surface area contributed by atoms with Crippen LogP contribution in [0.1, 0.15) is 6.92 Å². The van der Waals surface area contributed by atoms with E-state index in [4.69, 9.17) is 4.74 Å². The molecule has 0 saturated heterocycles. The summed E-state index contributed by atoms with van der Waals surface area (Å²) in [5.41, 5.74) is 0.0404. The predicted octanol–water partition coefficient (Wildman–Crippen LogP) is 1.35. The number of nitrogens with zero attached hydrogens (tertiary/aromatic N) is 2. The van der Waals surface area contributed by atoms with E-state index < -0.39 is 15.9 Å². The Bertz CT molecular complexity index is 1210. The maximum Gasteiger partial charge on any atom is 0.275 e. The number of carbonyl (C=O) groups is 1. The van der Waals surface area contributed by atoms with Gasteiger partial charge in [0.1, 0.15) is 6.54 Å². The molecule has 0 aliphatic carbocycles. The summed E-state index contributed by atoms with van der Waals surface area (Å²) in [4.78, 5) is 24.8. The summed E-state index contributed by atoms with van der Waals surface area (Å²) >= 11 is 0. The van der Waals surface area contributed by atoms with Crippen molar-refractivity contribution in [3.05, 3.63) is 65.1 Å². The number of anilines is 1. The summed E-state index contributed by atoms with van der Waals surface area (Å²) in [7, 11) is -2.21. The zero-order valence-corrected chi connectivity index (χ0v) is 17.3. The molecule has 9 nitrogen and oxygen atoms in total. The molecule has 2 N–H and O–H groups in total. The van der Waals surface area contributed by atoms with E-state index in [1.165, 1.54) is 37.6 Å². The molecule has 2 aromatic carbocycles. The van der Waals surface area contributed by atoms with Gasteiger partial charge in [0.2, 0.25) is 15.9 Å². The van der Waals surface area contributed by atoms with Crippen LogP contribution < -0.4 is 15.6 Å². The molecule has 0 aliphatic rings. The van der Waals surface area contributed by atoms with Crippen molar-refractivity contribution in [2.75, 3.05) is 19.0 Å². The number of benzene rings is 2. The Morgan fingerprint density at radius 3 is 2.57 bits per heavy atom. The van der Waals surface area contributed by atoms with Gasteiger partial charge in [-0.1, -0.05) is 18.2 Å². The van der Waals surface area contributed by atoms with Crippen LogP contribution in [0.25, 0.3) is 10.8 Å². The van der Waals surface area contributed by atoms with Crippen LogP contribution in [0.2, 0.25) is 0 Å². The zero-order chi connectivity index (χ0) is 21.7. The highest BCUT2D eigenvalue weighted by Crippen LogP contribution is 2.14. The summed E-state index contributed by atoms with van der Waals surface area (Å²) in [5, 5.41) is 7.83. The van der Waals surface area contributed by atoms with E-state index in [0.29, 0.717) is 16.5 Å². The Labute approximate surface area is 173 Å². The summed E-state index contributed by atoms with van der Waals surface area (Å²) in [6, 6.07) is 12.3. The standard InChI is InChI=1S/C20H22N4O5S/c1-14(13-29-2)23-30(27,28)17-9-7-16(8-10-17)22-19(25)12-24-20(26)18-6-4-3-5-15(18)11-21-24/h3-11,14,23H,12-13H2,1-2H3,(H,22,25). The normalized spacial score (nSPS) is 12.6. The molecule has 1 heterocycles. The van der Waals surface area contributed by atoms with Gasteiger partial charge in [0.15, 0.2) is 0 Å². The number of hydrogen-bond donors (Lipinski definition) is 2. The van der Waals surface area contributed by atoms with Gasteiger partial charge in [0, 0.05) is 24.2 Å². The molecular formula is C20H22N4O5S. The number of nitrogens with one attached hydrogen (secondary N) is 2. The molecule has 0 saturated carbocycles. The van der Waals surface area contributed by atoms with E-state index in [0.717, 1.165) is 4.68 Å². The molecule has 0 fully saturated rings. The fraction of sp³-hybridized carbons (Fsp3) is 0.250. The topological polar surface area (TPSA) is 119 Å². The molecule has 0 spiro atoms. The fourth-order valence-corrected chi connectivity index (χ4v) is 4.14. The first-order valence-corrected chi connectivity index (χ1v) is 10.6. The van der Waals surface area contributed by atoms with Gasteiger partial charge in [-0.25, -0.2) is 17.8 Å². The van der Waals surface area contributed by atoms with E-state index in [2.05, 4.69) is 15.1 Å². The average Bonchev–Trinajstić information content (AvgIpc) is 2.70. The highest BCUT2D eigenvalue weighted by molar-refractivity contribution is 7.89. The van der Waals surface area contributed by atoms with Gasteiger partial charge in [0.05, 0.1) is 23.1 Å². The van der Waals surface area contributed by atoms with Crippen LogP contribution in [-0.2, 0) is 26.1 Å². The van der Waals surface area contributed by atoms with Crippen LogP contribution in [-0.4, -0.2) is 43.9 Å². The van der Waals surface area contributed by atoms with Gasteiger partial charge >= 0.3 is 0 Å². The lowest BCUT2D eigenvalue weighted by atomic mass is 10.2. The lowest BCUT2D eigenvalue weighted by Crippen LogP contribution is -2.35. The van der Waals surface area contributed by atoms with Gasteiger partial charge in [-0.15, -0.1) is 0 Å². The van der Waals surface area contributed by atoms with Gasteiger partial charge in [0.25, 0.3) is 5.56 Å². The van der Waals surface area contributed by atoms with Crippen molar-refractivity contribution in [2.45, 2.75) is 24.4 Å². The number of carbonyl (C=O) groups excluding carboxylic acids is 1. The molecule has 0 bridgehead atoms. The molecule has 1 unspecified atom stereocenters. The second kappa shape index (κ2) is 9.16. The molecule has 1 amide bonds. The van der Waals surface area contributed by atoms with E-state index in [-0.39, 0.29) is 29.6 Å². The minimum Gasteiger partial charge on any atom is -0.383 e. The number of aromatic nitrogens is 2. The number of hydrogen-bond acceptors (Lipinski definition) is 6. The first-order valence-electron chi connectivity index (χ1n) is 9.16. The third-order valence-electron chi connectivity index (χ3n) is 4.28. The van der Waals surface area contributed by atoms with Crippen LogP contribution in [0, 0.1) is 0 Å². The number of methoxy groups -OCH3 is 1. The highest BCUT2D eigenvalue weighted by atomic mass is 32.2. The summed E-state index contributed by atoms with van der Waals surface area (Å²) in [6.45, 7) is 1.67. The molecule has 0 aliphatic heterocycles. The number of fused-ring (bicyclic) bond motifs is 1. The summed E-state index contributed by atoms with van der Waals surface area (Å²) < 4.78 is 33.2. The Hall–Kier alpha value is -3.08. The molecule has 158 valence electrons. The maximum absolute atomic E-state index is 12.4. The van der Waals surface area contributed by atoms with Crippen molar-refractivity contribution in [1.29, 1.82) is 0 Å². The number of sulfonamides is 1. The zero-order valence-electron chi connectivity index (χ0n) is 16.5. The van der Waals surface area contributed by atoms with Crippen molar-refractivity contribution in [1.82, 2.24) is 14.5 Å². The quantitative estimate of drug-likeness (QED) is 0.557. The predicted molar refractivity (Wildman–Crippen MR) is 113 cm³/mol. The van der Waals surface area contributed by atoms with Gasteiger partial charge < -0.3 is 10.1 Å². The Morgan fingerprint density at radius 1 is 1.17 bits per heavy atom. The molecule has 3 rings (SSSR count). The largest absolute Gasteiger partial charge is 0.383 e. The van der Waals surface area contributed by atoms with Crippen molar-refractivity contribution in [3.8, 4) is 0 Å². The smallest absolute Gasteiger partial charge is 0.275 e. The second-order valence-electron chi connectivity index (χ2n) is 6.74. The number of ether oxygens (including phenoxy) is 1. The highest BCUT2D eigenvalue weighted by Gasteiger charge is 2.17. The molecule has 10 heteroatoms. The first-order chi connectivity index (χ1) is 14.3. The maximum atomic E-state index is 12.4. The summed E-state index contributed by atoms with van der Waals surface area (Å²) in [6.07, 6.45) is 1.53. The average molecular weight is 430 g/mol. The SMILES string of the molecule is COCC(C)NS(=O)(=O)c1ccc(NC(=O)Cn2ncc3ccccc3c2=O)cc1. The Balaban J connectivity index is 1.68. The van der Waals surface area contributed by atoms with Crippen LogP contribution in [0.3, 0.4) is 0 Å². The van der Waals surface area contributed by atoms with Crippen molar-refractivity contribution >= 4 is 32.4 Å². The monoisotopic (exact) mass is 430 g/mol. The Kier molecular flexibility index (Phi) is 6.60. The van der Waals surface area contributed by atoms with E-state index in [1.54, 1.807) is 31.2 Å². The molecule has 3 aromatic rings. The lowest BCUT2D eigenvalue weighted by Gasteiger charge is -2.13.